The fourth-order valence-corrected chi connectivity index (χ4v) is 4.86. The van der Waals surface area contributed by atoms with Crippen LogP contribution in [0.3, 0.4) is 0 Å². The second kappa shape index (κ2) is 9.13. The van der Waals surface area contributed by atoms with E-state index in [-0.39, 0.29) is 17.9 Å². The number of hydrogen-bond acceptors (Lipinski definition) is 2. The maximum absolute atomic E-state index is 12.9. The topological polar surface area (TPSA) is 32.3 Å². The van der Waals surface area contributed by atoms with Crippen molar-refractivity contribution in [3.63, 3.8) is 0 Å². The van der Waals surface area contributed by atoms with Crippen molar-refractivity contribution >= 4 is 5.91 Å². The van der Waals surface area contributed by atoms with Crippen molar-refractivity contribution in [2.75, 3.05) is 13.1 Å². The number of benzene rings is 2. The van der Waals surface area contributed by atoms with Gasteiger partial charge < -0.3 is 5.32 Å². The summed E-state index contributed by atoms with van der Waals surface area (Å²) in [4.78, 5) is 15.3. The van der Waals surface area contributed by atoms with Gasteiger partial charge in [-0.25, -0.2) is 0 Å². The highest BCUT2D eigenvalue weighted by atomic mass is 16.1. The van der Waals surface area contributed by atoms with Crippen molar-refractivity contribution in [1.29, 1.82) is 0 Å². The van der Waals surface area contributed by atoms with E-state index < -0.39 is 0 Å². The van der Waals surface area contributed by atoms with E-state index in [0.29, 0.717) is 0 Å². The van der Waals surface area contributed by atoms with Gasteiger partial charge in [0.2, 0.25) is 5.91 Å². The van der Waals surface area contributed by atoms with E-state index in [1.807, 2.05) is 0 Å². The minimum atomic E-state index is 0.0834. The largest absolute Gasteiger partial charge is 0.349 e. The van der Waals surface area contributed by atoms with Gasteiger partial charge in [-0.1, -0.05) is 48.0 Å². The molecule has 1 fully saturated rings. The zero-order valence-electron chi connectivity index (χ0n) is 17.9. The van der Waals surface area contributed by atoms with Crippen LogP contribution in [0.5, 0.6) is 0 Å². The monoisotopic (exact) mass is 390 g/mol. The van der Waals surface area contributed by atoms with Crippen molar-refractivity contribution in [2.45, 2.75) is 65.0 Å². The number of hydrogen-bond donors (Lipinski definition) is 1. The molecule has 1 atom stereocenters. The molecule has 1 N–H and O–H groups in total. The first-order valence-corrected chi connectivity index (χ1v) is 11.3. The summed E-state index contributed by atoms with van der Waals surface area (Å²) >= 11 is 0. The summed E-state index contributed by atoms with van der Waals surface area (Å²) in [5, 5.41) is 3.29. The van der Waals surface area contributed by atoms with Gasteiger partial charge in [0, 0.05) is 12.5 Å². The van der Waals surface area contributed by atoms with E-state index in [9.17, 15) is 4.79 Å². The van der Waals surface area contributed by atoms with E-state index in [0.717, 1.165) is 32.5 Å². The van der Waals surface area contributed by atoms with Crippen LogP contribution in [0.1, 0.15) is 66.5 Å². The zero-order chi connectivity index (χ0) is 20.2. The molecule has 2 aliphatic rings. The average molecular weight is 391 g/mol. The van der Waals surface area contributed by atoms with Gasteiger partial charge in [-0.3, -0.25) is 9.69 Å². The highest BCUT2D eigenvalue weighted by molar-refractivity contribution is 5.79. The minimum absolute atomic E-state index is 0.0834. The molecule has 1 amide bonds. The molecule has 2 aromatic rings. The number of aryl methyl sites for hydroxylation is 3. The number of amides is 1. The lowest BCUT2D eigenvalue weighted by Crippen LogP contribution is -2.40. The predicted molar refractivity (Wildman–Crippen MR) is 119 cm³/mol. The quantitative estimate of drug-likeness (QED) is 0.782. The standard InChI is InChI=1S/C26H34N2O/c1-19-6-5-7-21(16-19)18-28-14-12-23(13-15-28)26(29)27-20(2)24-11-10-22-8-3-4-9-25(22)17-24/h5-7,10-11,16-17,20,23H,3-4,8-9,12-15,18H2,1-2H3,(H,27,29)/t20-/m0/s1. The number of fused-ring (bicyclic) bond motifs is 1. The summed E-state index contributed by atoms with van der Waals surface area (Å²) < 4.78 is 0. The number of piperidine rings is 1. The normalized spacial score (nSPS) is 18.8. The van der Waals surface area contributed by atoms with E-state index in [1.165, 1.54) is 53.5 Å². The molecule has 1 saturated heterocycles. The lowest BCUT2D eigenvalue weighted by Gasteiger charge is -2.32. The SMILES string of the molecule is Cc1cccc(CN2CCC(C(=O)N[C@@H](C)c3ccc4c(c3)CCCC4)CC2)c1. The third kappa shape index (κ3) is 5.08. The molecular weight excluding hydrogens is 356 g/mol. The Morgan fingerprint density at radius 3 is 2.59 bits per heavy atom. The molecule has 4 rings (SSSR count). The predicted octanol–water partition coefficient (Wildman–Crippen LogP) is 4.96. The smallest absolute Gasteiger partial charge is 0.223 e. The van der Waals surface area contributed by atoms with Gasteiger partial charge in [0.1, 0.15) is 0 Å². The van der Waals surface area contributed by atoms with Crippen LogP contribution in [-0.4, -0.2) is 23.9 Å². The Bertz CT molecular complexity index is 852. The summed E-state index contributed by atoms with van der Waals surface area (Å²) in [5.41, 5.74) is 6.91. The van der Waals surface area contributed by atoms with Crippen LogP contribution < -0.4 is 5.32 Å². The third-order valence-corrected chi connectivity index (χ3v) is 6.68. The first-order chi connectivity index (χ1) is 14.1. The maximum Gasteiger partial charge on any atom is 0.223 e. The summed E-state index contributed by atoms with van der Waals surface area (Å²) in [5.74, 6) is 0.370. The lowest BCUT2D eigenvalue weighted by atomic mass is 9.89. The van der Waals surface area contributed by atoms with E-state index >= 15 is 0 Å². The van der Waals surface area contributed by atoms with Crippen molar-refractivity contribution < 1.29 is 4.79 Å². The number of nitrogens with zero attached hydrogens (tertiary/aromatic N) is 1. The number of rotatable bonds is 5. The Hall–Kier alpha value is -2.13. The van der Waals surface area contributed by atoms with Crippen molar-refractivity contribution in [1.82, 2.24) is 10.2 Å². The van der Waals surface area contributed by atoms with Gasteiger partial charge in [-0.05, 0) is 87.7 Å². The Morgan fingerprint density at radius 1 is 1.07 bits per heavy atom. The first kappa shape index (κ1) is 20.2. The summed E-state index contributed by atoms with van der Waals surface area (Å²) in [6, 6.07) is 15.6. The van der Waals surface area contributed by atoms with Crippen LogP contribution >= 0.6 is 0 Å². The molecule has 0 radical (unpaired) electrons. The second-order valence-electron chi connectivity index (χ2n) is 9.01. The summed E-state index contributed by atoms with van der Waals surface area (Å²) in [7, 11) is 0. The molecule has 2 aromatic carbocycles. The van der Waals surface area contributed by atoms with Gasteiger partial charge in [0.25, 0.3) is 0 Å². The lowest BCUT2D eigenvalue weighted by molar-refractivity contribution is -0.127. The molecule has 3 heteroatoms. The number of carbonyl (C=O) groups excluding carboxylic acids is 1. The molecule has 29 heavy (non-hydrogen) atoms. The van der Waals surface area contributed by atoms with Gasteiger partial charge in [-0.2, -0.15) is 0 Å². The minimum Gasteiger partial charge on any atom is -0.349 e. The zero-order valence-corrected chi connectivity index (χ0v) is 17.9. The Balaban J connectivity index is 1.28. The fraction of sp³-hybridized carbons (Fsp3) is 0.500. The molecule has 0 spiro atoms. The van der Waals surface area contributed by atoms with E-state index in [1.54, 1.807) is 0 Å². The molecule has 3 nitrogen and oxygen atoms in total. The van der Waals surface area contributed by atoms with Crippen LogP contribution in [0.4, 0.5) is 0 Å². The molecule has 154 valence electrons. The van der Waals surface area contributed by atoms with Crippen LogP contribution in [0.25, 0.3) is 0 Å². The fourth-order valence-electron chi connectivity index (χ4n) is 4.86. The molecule has 1 aliphatic carbocycles. The highest BCUT2D eigenvalue weighted by Crippen LogP contribution is 2.26. The van der Waals surface area contributed by atoms with Gasteiger partial charge in [-0.15, -0.1) is 0 Å². The summed E-state index contributed by atoms with van der Waals surface area (Å²) in [6.45, 7) is 7.25. The number of carbonyl (C=O) groups is 1. The van der Waals surface area contributed by atoms with Gasteiger partial charge in [0.05, 0.1) is 6.04 Å². The van der Waals surface area contributed by atoms with Crippen molar-refractivity contribution in [2.24, 2.45) is 5.92 Å². The maximum atomic E-state index is 12.9. The molecule has 0 saturated carbocycles. The molecule has 0 aromatic heterocycles. The van der Waals surface area contributed by atoms with Crippen molar-refractivity contribution in [3.8, 4) is 0 Å². The molecule has 0 unspecified atom stereocenters. The molecular formula is C26H34N2O. The third-order valence-electron chi connectivity index (χ3n) is 6.68. The van der Waals surface area contributed by atoms with Crippen molar-refractivity contribution in [3.05, 3.63) is 70.3 Å². The molecule has 1 heterocycles. The van der Waals surface area contributed by atoms with E-state index in [2.05, 4.69) is 66.5 Å². The number of likely N-dealkylation sites (tertiary alicyclic amines) is 1. The molecule has 1 aliphatic heterocycles. The number of nitrogens with one attached hydrogen (secondary N) is 1. The van der Waals surface area contributed by atoms with E-state index in [4.69, 9.17) is 0 Å². The second-order valence-corrected chi connectivity index (χ2v) is 9.01. The van der Waals surface area contributed by atoms with Gasteiger partial charge >= 0.3 is 0 Å². The highest BCUT2D eigenvalue weighted by Gasteiger charge is 2.26. The summed E-state index contributed by atoms with van der Waals surface area (Å²) in [6.07, 6.45) is 6.89. The average Bonchev–Trinajstić information content (AvgIpc) is 2.74. The Labute approximate surface area is 175 Å². The van der Waals surface area contributed by atoms with Crippen LogP contribution in [0.15, 0.2) is 42.5 Å². The van der Waals surface area contributed by atoms with Crippen LogP contribution in [-0.2, 0) is 24.2 Å². The van der Waals surface area contributed by atoms with Gasteiger partial charge in [0.15, 0.2) is 0 Å². The van der Waals surface area contributed by atoms with Crippen LogP contribution in [0.2, 0.25) is 0 Å². The Morgan fingerprint density at radius 2 is 1.83 bits per heavy atom. The first-order valence-electron chi connectivity index (χ1n) is 11.3. The Kier molecular flexibility index (Phi) is 6.34. The molecule has 0 bridgehead atoms. The van der Waals surface area contributed by atoms with Crippen LogP contribution in [0, 0.1) is 12.8 Å².